The number of rotatable bonds is 3. The van der Waals surface area contributed by atoms with Gasteiger partial charge in [-0.1, -0.05) is 13.8 Å². The minimum absolute atomic E-state index is 0.0278. The number of nitrogen functional groups attached to an aromatic ring is 1. The summed E-state index contributed by atoms with van der Waals surface area (Å²) in [5, 5.41) is 3.42. The van der Waals surface area contributed by atoms with E-state index in [9.17, 15) is 4.79 Å². The molecule has 98 valence electrons. The van der Waals surface area contributed by atoms with Gasteiger partial charge in [0.05, 0.1) is 11.4 Å². The second-order valence-corrected chi connectivity index (χ2v) is 5.89. The molecule has 1 fully saturated rings. The number of nitrogens with zero attached hydrogens (tertiary/aromatic N) is 1. The van der Waals surface area contributed by atoms with Crippen molar-refractivity contribution in [3.8, 4) is 0 Å². The minimum atomic E-state index is -0.0278. The molecule has 0 heterocycles. The number of carbonyl (C=O) groups excluding carboxylic acids is 1. The molecule has 1 unspecified atom stereocenters. The predicted octanol–water partition coefficient (Wildman–Crippen LogP) is 2.18. The monoisotopic (exact) mass is 247 g/mol. The maximum atomic E-state index is 11.8. The Morgan fingerprint density at radius 2 is 2.06 bits per heavy atom. The van der Waals surface area contributed by atoms with Crippen molar-refractivity contribution < 1.29 is 4.79 Å². The van der Waals surface area contributed by atoms with E-state index in [0.29, 0.717) is 22.7 Å². The minimum Gasteiger partial charge on any atom is -0.397 e. The van der Waals surface area contributed by atoms with Gasteiger partial charge in [0, 0.05) is 25.7 Å². The molecule has 18 heavy (non-hydrogen) atoms. The van der Waals surface area contributed by atoms with Crippen molar-refractivity contribution in [2.24, 2.45) is 5.41 Å². The highest BCUT2D eigenvalue weighted by Gasteiger charge is 2.45. The van der Waals surface area contributed by atoms with Crippen molar-refractivity contribution in [1.29, 1.82) is 0 Å². The lowest BCUT2D eigenvalue weighted by molar-refractivity contribution is 0.0827. The van der Waals surface area contributed by atoms with Crippen LogP contribution in [0.3, 0.4) is 0 Å². The summed E-state index contributed by atoms with van der Waals surface area (Å²) < 4.78 is 0. The van der Waals surface area contributed by atoms with Crippen molar-refractivity contribution in [1.82, 2.24) is 4.90 Å². The van der Waals surface area contributed by atoms with E-state index in [1.165, 1.54) is 0 Å². The number of anilines is 2. The van der Waals surface area contributed by atoms with Crippen LogP contribution in [0.5, 0.6) is 0 Å². The lowest BCUT2D eigenvalue weighted by Crippen LogP contribution is -2.22. The summed E-state index contributed by atoms with van der Waals surface area (Å²) in [5.74, 6) is -0.0278. The van der Waals surface area contributed by atoms with Crippen LogP contribution in [0.2, 0.25) is 0 Å². The predicted molar refractivity (Wildman–Crippen MR) is 74.7 cm³/mol. The van der Waals surface area contributed by atoms with E-state index in [1.807, 2.05) is 12.1 Å². The van der Waals surface area contributed by atoms with Crippen molar-refractivity contribution in [3.05, 3.63) is 23.8 Å². The topological polar surface area (TPSA) is 58.4 Å². The summed E-state index contributed by atoms with van der Waals surface area (Å²) in [6.07, 6.45) is 1.16. The highest BCUT2D eigenvalue weighted by atomic mass is 16.2. The van der Waals surface area contributed by atoms with Gasteiger partial charge in [-0.25, -0.2) is 0 Å². The molecule has 0 aliphatic heterocycles. The lowest BCUT2D eigenvalue weighted by atomic mass is 10.1. The van der Waals surface area contributed by atoms with E-state index in [0.717, 1.165) is 12.1 Å². The quantitative estimate of drug-likeness (QED) is 0.805. The molecule has 1 amide bonds. The first-order valence-corrected chi connectivity index (χ1v) is 6.19. The van der Waals surface area contributed by atoms with Gasteiger partial charge in [-0.05, 0) is 30.0 Å². The Hall–Kier alpha value is -1.71. The maximum Gasteiger partial charge on any atom is 0.253 e. The van der Waals surface area contributed by atoms with Crippen molar-refractivity contribution in [2.45, 2.75) is 26.3 Å². The molecule has 3 N–H and O–H groups in total. The molecule has 0 saturated heterocycles. The van der Waals surface area contributed by atoms with Crippen LogP contribution in [-0.2, 0) is 0 Å². The van der Waals surface area contributed by atoms with Gasteiger partial charge in [0.2, 0.25) is 0 Å². The van der Waals surface area contributed by atoms with Gasteiger partial charge in [0.1, 0.15) is 0 Å². The molecule has 1 aromatic carbocycles. The van der Waals surface area contributed by atoms with Gasteiger partial charge in [-0.3, -0.25) is 4.79 Å². The van der Waals surface area contributed by atoms with Crippen molar-refractivity contribution in [2.75, 3.05) is 25.1 Å². The summed E-state index contributed by atoms with van der Waals surface area (Å²) in [5.41, 5.74) is 8.51. The molecule has 4 heteroatoms. The van der Waals surface area contributed by atoms with Crippen LogP contribution in [0, 0.1) is 5.41 Å². The number of amides is 1. The number of nitrogens with two attached hydrogens (primary N) is 1. The van der Waals surface area contributed by atoms with E-state index < -0.39 is 0 Å². The van der Waals surface area contributed by atoms with Crippen LogP contribution in [0.4, 0.5) is 11.4 Å². The zero-order chi connectivity index (χ0) is 13.5. The highest BCUT2D eigenvalue weighted by Crippen LogP contribution is 2.47. The number of hydrogen-bond acceptors (Lipinski definition) is 3. The smallest absolute Gasteiger partial charge is 0.253 e. The van der Waals surface area contributed by atoms with Gasteiger partial charge in [0.15, 0.2) is 0 Å². The summed E-state index contributed by atoms with van der Waals surface area (Å²) in [6.45, 7) is 4.45. The Bertz CT molecular complexity index is 480. The fourth-order valence-corrected chi connectivity index (χ4v) is 1.99. The van der Waals surface area contributed by atoms with E-state index in [2.05, 4.69) is 19.2 Å². The zero-order valence-corrected chi connectivity index (χ0v) is 11.4. The maximum absolute atomic E-state index is 11.8. The van der Waals surface area contributed by atoms with E-state index in [4.69, 9.17) is 5.73 Å². The highest BCUT2D eigenvalue weighted by molar-refractivity contribution is 5.95. The second kappa shape index (κ2) is 4.19. The summed E-state index contributed by atoms with van der Waals surface area (Å²) in [4.78, 5) is 13.3. The van der Waals surface area contributed by atoms with Gasteiger partial charge in [0.25, 0.3) is 5.91 Å². The van der Waals surface area contributed by atoms with Crippen LogP contribution in [0.1, 0.15) is 30.6 Å². The standard InChI is InChI=1S/C14H21N3O/c1-14(2)8-12(14)16-11-6-5-9(7-10(11)15)13(18)17(3)4/h5-7,12,16H,8,15H2,1-4H3. The third kappa shape index (κ3) is 2.42. The first-order valence-electron chi connectivity index (χ1n) is 6.19. The van der Waals surface area contributed by atoms with Gasteiger partial charge >= 0.3 is 0 Å². The summed E-state index contributed by atoms with van der Waals surface area (Å²) in [7, 11) is 3.47. The van der Waals surface area contributed by atoms with E-state index in [-0.39, 0.29) is 5.91 Å². The van der Waals surface area contributed by atoms with E-state index in [1.54, 1.807) is 25.1 Å². The lowest BCUT2D eigenvalue weighted by Gasteiger charge is -2.14. The van der Waals surface area contributed by atoms with Gasteiger partial charge < -0.3 is 16.0 Å². The van der Waals surface area contributed by atoms with Crippen LogP contribution in [0.15, 0.2) is 18.2 Å². The Morgan fingerprint density at radius 3 is 2.50 bits per heavy atom. The molecule has 1 aliphatic rings. The Kier molecular flexibility index (Phi) is 2.97. The molecule has 0 bridgehead atoms. The van der Waals surface area contributed by atoms with Gasteiger partial charge in [-0.15, -0.1) is 0 Å². The van der Waals surface area contributed by atoms with Crippen LogP contribution >= 0.6 is 0 Å². The summed E-state index contributed by atoms with van der Waals surface area (Å²) >= 11 is 0. The number of carbonyl (C=O) groups is 1. The third-order valence-electron chi connectivity index (χ3n) is 3.55. The fourth-order valence-electron chi connectivity index (χ4n) is 1.99. The SMILES string of the molecule is CN(C)C(=O)c1ccc(NC2CC2(C)C)c(N)c1. The van der Waals surface area contributed by atoms with Crippen LogP contribution in [-0.4, -0.2) is 30.9 Å². The number of benzene rings is 1. The average molecular weight is 247 g/mol. The van der Waals surface area contributed by atoms with Gasteiger partial charge in [-0.2, -0.15) is 0 Å². The number of nitrogens with one attached hydrogen (secondary N) is 1. The molecule has 2 rings (SSSR count). The fraction of sp³-hybridized carbons (Fsp3) is 0.500. The molecule has 1 atom stereocenters. The normalized spacial score (nSPS) is 20.3. The molecular weight excluding hydrogens is 226 g/mol. The average Bonchev–Trinajstić information content (AvgIpc) is 2.88. The molecule has 4 nitrogen and oxygen atoms in total. The molecule has 0 spiro atoms. The largest absolute Gasteiger partial charge is 0.397 e. The molecule has 1 aromatic rings. The molecule has 0 aromatic heterocycles. The number of hydrogen-bond donors (Lipinski definition) is 2. The molecule has 1 aliphatic carbocycles. The Balaban J connectivity index is 2.13. The van der Waals surface area contributed by atoms with Crippen molar-refractivity contribution in [3.63, 3.8) is 0 Å². The van der Waals surface area contributed by atoms with Crippen molar-refractivity contribution >= 4 is 17.3 Å². The zero-order valence-electron chi connectivity index (χ0n) is 11.4. The molecular formula is C14H21N3O. The first-order chi connectivity index (χ1) is 8.31. The van der Waals surface area contributed by atoms with Crippen LogP contribution < -0.4 is 11.1 Å². The second-order valence-electron chi connectivity index (χ2n) is 5.89. The van der Waals surface area contributed by atoms with E-state index >= 15 is 0 Å². The molecule has 0 radical (unpaired) electrons. The molecule has 1 saturated carbocycles. The first kappa shape index (κ1) is 12.7. The third-order valence-corrected chi connectivity index (χ3v) is 3.55. The Morgan fingerprint density at radius 1 is 1.44 bits per heavy atom. The Labute approximate surface area is 108 Å². The summed E-state index contributed by atoms with van der Waals surface area (Å²) in [6, 6.07) is 5.92. The van der Waals surface area contributed by atoms with Crippen LogP contribution in [0.25, 0.3) is 0 Å².